The molecule has 0 spiro atoms. The van der Waals surface area contributed by atoms with E-state index in [0.29, 0.717) is 39.3 Å². The van der Waals surface area contributed by atoms with Crippen molar-refractivity contribution in [3.8, 4) is 11.5 Å². The van der Waals surface area contributed by atoms with E-state index in [1.54, 1.807) is 6.92 Å². The molecule has 2 amide bonds. The molecule has 2 aliphatic heterocycles. The van der Waals surface area contributed by atoms with E-state index in [-0.39, 0.29) is 17.9 Å². The number of hydrogen-bond acceptors (Lipinski definition) is 4. The molecule has 4 rings (SSSR count). The molecule has 170 valence electrons. The highest BCUT2D eigenvalue weighted by atomic mass is 16.5. The fourth-order valence-corrected chi connectivity index (χ4v) is 4.86. The van der Waals surface area contributed by atoms with E-state index in [1.165, 1.54) is 11.1 Å². The lowest BCUT2D eigenvalue weighted by Gasteiger charge is -2.38. The third kappa shape index (κ3) is 4.45. The predicted octanol–water partition coefficient (Wildman–Crippen LogP) is 3.90. The zero-order valence-corrected chi connectivity index (χ0v) is 19.2. The Labute approximate surface area is 190 Å². The summed E-state index contributed by atoms with van der Waals surface area (Å²) in [6.45, 7) is 8.52. The van der Waals surface area contributed by atoms with Crippen LogP contribution in [0.15, 0.2) is 36.4 Å². The Morgan fingerprint density at radius 2 is 1.59 bits per heavy atom. The minimum Gasteiger partial charge on any atom is -0.490 e. The zero-order valence-electron chi connectivity index (χ0n) is 19.2. The number of nitrogens with zero attached hydrogens (tertiary/aromatic N) is 2. The number of carbonyl (C=O) groups excluding carboxylic acids is 2. The minimum absolute atomic E-state index is 0.0195. The fourth-order valence-electron chi connectivity index (χ4n) is 4.86. The molecular formula is C26H32N2O4. The zero-order chi connectivity index (χ0) is 22.7. The van der Waals surface area contributed by atoms with Crippen molar-refractivity contribution in [1.29, 1.82) is 0 Å². The van der Waals surface area contributed by atoms with E-state index >= 15 is 0 Å². The molecule has 32 heavy (non-hydrogen) atoms. The lowest BCUT2D eigenvalue weighted by Crippen LogP contribution is -2.43. The van der Waals surface area contributed by atoms with Gasteiger partial charge in [0.15, 0.2) is 11.5 Å². The van der Waals surface area contributed by atoms with Crippen LogP contribution in [0.1, 0.15) is 55.5 Å². The van der Waals surface area contributed by atoms with Gasteiger partial charge in [-0.15, -0.1) is 0 Å². The number of fused-ring (bicyclic) bond motifs is 2. The lowest BCUT2D eigenvalue weighted by molar-refractivity contribution is -0.137. The Hall–Kier alpha value is -3.02. The van der Waals surface area contributed by atoms with Crippen LogP contribution in [0.5, 0.6) is 11.5 Å². The molecule has 0 radical (unpaired) electrons. The molecule has 0 saturated heterocycles. The van der Waals surface area contributed by atoms with Gasteiger partial charge < -0.3 is 19.3 Å². The first kappa shape index (κ1) is 22.2. The second-order valence-corrected chi connectivity index (χ2v) is 8.38. The van der Waals surface area contributed by atoms with Crippen LogP contribution in [0, 0.1) is 0 Å². The van der Waals surface area contributed by atoms with Gasteiger partial charge >= 0.3 is 0 Å². The van der Waals surface area contributed by atoms with Crippen molar-refractivity contribution < 1.29 is 19.1 Å². The van der Waals surface area contributed by atoms with Crippen LogP contribution in [-0.2, 0) is 29.0 Å². The maximum absolute atomic E-state index is 13.4. The highest BCUT2D eigenvalue weighted by Crippen LogP contribution is 2.36. The van der Waals surface area contributed by atoms with Gasteiger partial charge in [0.1, 0.15) is 0 Å². The molecule has 2 aliphatic rings. The summed E-state index contributed by atoms with van der Waals surface area (Å²) in [6.07, 6.45) is 1.92. The molecule has 0 fully saturated rings. The van der Waals surface area contributed by atoms with Gasteiger partial charge in [-0.2, -0.15) is 0 Å². The van der Waals surface area contributed by atoms with Crippen molar-refractivity contribution in [2.45, 2.75) is 52.6 Å². The second-order valence-electron chi connectivity index (χ2n) is 8.38. The summed E-state index contributed by atoms with van der Waals surface area (Å²) in [7, 11) is 0. The Morgan fingerprint density at radius 3 is 2.28 bits per heavy atom. The molecular weight excluding hydrogens is 404 g/mol. The maximum atomic E-state index is 13.4. The van der Waals surface area contributed by atoms with Crippen LogP contribution < -0.4 is 9.47 Å². The average Bonchev–Trinajstić information content (AvgIpc) is 2.79. The SMILES string of the molecule is CCOc1cc2c(cc1OCC)CN(C(=O)CC1c3ccccc3CCN1C(C)=O)CC2. The lowest BCUT2D eigenvalue weighted by atomic mass is 9.90. The third-order valence-electron chi connectivity index (χ3n) is 6.42. The van der Waals surface area contributed by atoms with Crippen LogP contribution in [0.25, 0.3) is 0 Å². The van der Waals surface area contributed by atoms with E-state index in [1.807, 2.05) is 41.8 Å². The van der Waals surface area contributed by atoms with Gasteiger partial charge in [-0.05, 0) is 61.1 Å². The Kier molecular flexibility index (Phi) is 6.68. The topological polar surface area (TPSA) is 59.1 Å². The van der Waals surface area contributed by atoms with Gasteiger partial charge in [-0.1, -0.05) is 24.3 Å². The van der Waals surface area contributed by atoms with Crippen molar-refractivity contribution in [2.75, 3.05) is 26.3 Å². The largest absolute Gasteiger partial charge is 0.490 e. The molecule has 0 aromatic heterocycles. The third-order valence-corrected chi connectivity index (χ3v) is 6.42. The van der Waals surface area contributed by atoms with Gasteiger partial charge in [-0.25, -0.2) is 0 Å². The quantitative estimate of drug-likeness (QED) is 0.689. The van der Waals surface area contributed by atoms with Gasteiger partial charge in [0.05, 0.1) is 25.7 Å². The first-order valence-electron chi connectivity index (χ1n) is 11.6. The summed E-state index contributed by atoms with van der Waals surface area (Å²) in [4.78, 5) is 29.4. The molecule has 1 atom stereocenters. The summed E-state index contributed by atoms with van der Waals surface area (Å²) in [5.41, 5.74) is 4.63. The molecule has 1 unspecified atom stereocenters. The number of rotatable bonds is 6. The Morgan fingerprint density at radius 1 is 0.938 bits per heavy atom. The smallest absolute Gasteiger partial charge is 0.225 e. The number of amides is 2. The first-order chi connectivity index (χ1) is 15.5. The van der Waals surface area contributed by atoms with Gasteiger partial charge in [-0.3, -0.25) is 9.59 Å². The summed E-state index contributed by atoms with van der Waals surface area (Å²) < 4.78 is 11.5. The molecule has 6 nitrogen and oxygen atoms in total. The first-order valence-corrected chi connectivity index (χ1v) is 11.6. The monoisotopic (exact) mass is 436 g/mol. The van der Waals surface area contributed by atoms with Crippen LogP contribution >= 0.6 is 0 Å². The van der Waals surface area contributed by atoms with Crippen LogP contribution in [0.4, 0.5) is 0 Å². The number of carbonyl (C=O) groups is 2. The predicted molar refractivity (Wildman–Crippen MR) is 123 cm³/mol. The normalized spacial score (nSPS) is 17.4. The highest BCUT2D eigenvalue weighted by molar-refractivity contribution is 5.80. The van der Waals surface area contributed by atoms with Crippen molar-refractivity contribution in [2.24, 2.45) is 0 Å². The summed E-state index contributed by atoms with van der Waals surface area (Å²) in [6, 6.07) is 12.0. The Balaban J connectivity index is 1.54. The number of benzene rings is 2. The highest BCUT2D eigenvalue weighted by Gasteiger charge is 2.33. The van der Waals surface area contributed by atoms with Crippen LogP contribution in [0.3, 0.4) is 0 Å². The number of hydrogen-bond donors (Lipinski definition) is 0. The standard InChI is InChI=1S/C26H32N2O4/c1-4-31-24-14-20-10-12-27(17-21(20)15-25(24)32-5-2)26(30)16-23-22-9-7-6-8-19(22)11-13-28(23)18(3)29/h6-9,14-15,23H,4-5,10-13,16-17H2,1-3H3. The average molecular weight is 437 g/mol. The summed E-state index contributed by atoms with van der Waals surface area (Å²) in [5.74, 6) is 1.59. The van der Waals surface area contributed by atoms with Crippen LogP contribution in [0.2, 0.25) is 0 Å². The fraction of sp³-hybridized carbons (Fsp3) is 0.462. The summed E-state index contributed by atoms with van der Waals surface area (Å²) >= 11 is 0. The Bertz CT molecular complexity index is 1000. The maximum Gasteiger partial charge on any atom is 0.225 e. The van der Waals surface area contributed by atoms with Gasteiger partial charge in [0.2, 0.25) is 11.8 Å². The van der Waals surface area contributed by atoms with Crippen molar-refractivity contribution in [3.63, 3.8) is 0 Å². The van der Waals surface area contributed by atoms with E-state index in [0.717, 1.165) is 35.5 Å². The van der Waals surface area contributed by atoms with Crippen molar-refractivity contribution >= 4 is 11.8 Å². The van der Waals surface area contributed by atoms with Crippen molar-refractivity contribution in [3.05, 3.63) is 58.7 Å². The molecule has 2 aromatic carbocycles. The second kappa shape index (κ2) is 9.63. The van der Waals surface area contributed by atoms with E-state index < -0.39 is 0 Å². The van der Waals surface area contributed by atoms with Crippen LogP contribution in [-0.4, -0.2) is 47.9 Å². The molecule has 0 saturated carbocycles. The molecule has 6 heteroatoms. The van der Waals surface area contributed by atoms with Gasteiger partial charge in [0, 0.05) is 26.6 Å². The van der Waals surface area contributed by atoms with E-state index in [2.05, 4.69) is 18.2 Å². The molecule has 2 heterocycles. The minimum atomic E-state index is -0.203. The van der Waals surface area contributed by atoms with E-state index in [9.17, 15) is 9.59 Å². The summed E-state index contributed by atoms with van der Waals surface area (Å²) in [5, 5.41) is 0. The molecule has 0 bridgehead atoms. The van der Waals surface area contributed by atoms with E-state index in [4.69, 9.17) is 9.47 Å². The number of ether oxygens (including phenoxy) is 2. The molecule has 2 aromatic rings. The van der Waals surface area contributed by atoms with Crippen molar-refractivity contribution in [1.82, 2.24) is 9.80 Å². The molecule has 0 aliphatic carbocycles. The molecule has 0 N–H and O–H groups in total. The van der Waals surface area contributed by atoms with Gasteiger partial charge in [0.25, 0.3) is 0 Å².